The maximum atomic E-state index is 3.62. The zero-order valence-corrected chi connectivity index (χ0v) is 13.4. The van der Waals surface area contributed by atoms with Crippen molar-refractivity contribution in [3.63, 3.8) is 0 Å². The lowest BCUT2D eigenvalue weighted by Crippen LogP contribution is -2.55. The molecule has 0 aromatic carbocycles. The first-order valence-electron chi connectivity index (χ1n) is 8.19. The van der Waals surface area contributed by atoms with Crippen LogP contribution in [0.2, 0.25) is 0 Å². The molecule has 3 nitrogen and oxygen atoms in total. The first-order chi connectivity index (χ1) is 8.97. The molecule has 1 saturated heterocycles. The van der Waals surface area contributed by atoms with Crippen LogP contribution in [0.5, 0.6) is 0 Å². The van der Waals surface area contributed by atoms with Crippen LogP contribution in [-0.4, -0.2) is 60.1 Å². The molecule has 2 rings (SSSR count). The van der Waals surface area contributed by atoms with E-state index in [9.17, 15) is 0 Å². The Balaban J connectivity index is 1.59. The van der Waals surface area contributed by atoms with Crippen molar-refractivity contribution in [1.82, 2.24) is 15.1 Å². The van der Waals surface area contributed by atoms with Crippen LogP contribution in [0.25, 0.3) is 0 Å². The highest BCUT2D eigenvalue weighted by molar-refractivity contribution is 4.84. The van der Waals surface area contributed by atoms with Gasteiger partial charge in [-0.15, -0.1) is 0 Å². The molecule has 0 spiro atoms. The number of hydrogen-bond donors (Lipinski definition) is 1. The van der Waals surface area contributed by atoms with Gasteiger partial charge in [0.15, 0.2) is 0 Å². The summed E-state index contributed by atoms with van der Waals surface area (Å²) < 4.78 is 0. The summed E-state index contributed by atoms with van der Waals surface area (Å²) in [6.07, 6.45) is 5.49. The van der Waals surface area contributed by atoms with Gasteiger partial charge in [-0.25, -0.2) is 0 Å². The molecule has 1 atom stereocenters. The number of nitrogens with zero attached hydrogens (tertiary/aromatic N) is 2. The molecule has 19 heavy (non-hydrogen) atoms. The molecule has 0 aromatic rings. The zero-order chi connectivity index (χ0) is 13.9. The molecule has 1 heterocycles. The monoisotopic (exact) mass is 267 g/mol. The standard InChI is InChI=1S/C16H33N3/c1-14(6-5-9-17-15-7-8-15)18-10-12-19(13-11-18)16(2,3)4/h14-15,17H,5-13H2,1-4H3. The van der Waals surface area contributed by atoms with Gasteiger partial charge in [0.05, 0.1) is 0 Å². The molecule has 1 N–H and O–H groups in total. The molecule has 1 aliphatic heterocycles. The van der Waals surface area contributed by atoms with Crippen molar-refractivity contribution in [2.75, 3.05) is 32.7 Å². The molecule has 2 fully saturated rings. The molecule has 0 radical (unpaired) electrons. The molecule has 3 heteroatoms. The van der Waals surface area contributed by atoms with Crippen LogP contribution >= 0.6 is 0 Å². The fourth-order valence-corrected chi connectivity index (χ4v) is 3.01. The van der Waals surface area contributed by atoms with E-state index >= 15 is 0 Å². The zero-order valence-electron chi connectivity index (χ0n) is 13.4. The maximum Gasteiger partial charge on any atom is 0.0126 e. The first-order valence-corrected chi connectivity index (χ1v) is 8.19. The van der Waals surface area contributed by atoms with Crippen LogP contribution in [0.15, 0.2) is 0 Å². The normalized spacial score (nSPS) is 24.6. The molecule has 2 aliphatic rings. The molecular formula is C16H33N3. The van der Waals surface area contributed by atoms with Gasteiger partial charge in [-0.2, -0.15) is 0 Å². The Morgan fingerprint density at radius 2 is 1.74 bits per heavy atom. The molecule has 1 aliphatic carbocycles. The van der Waals surface area contributed by atoms with E-state index < -0.39 is 0 Å². The second-order valence-corrected chi connectivity index (χ2v) is 7.41. The topological polar surface area (TPSA) is 18.5 Å². The maximum absolute atomic E-state index is 3.62. The molecule has 0 bridgehead atoms. The van der Waals surface area contributed by atoms with Crippen LogP contribution in [-0.2, 0) is 0 Å². The molecular weight excluding hydrogens is 234 g/mol. The van der Waals surface area contributed by atoms with Crippen molar-refractivity contribution in [2.45, 2.75) is 71.0 Å². The Labute approximate surface area is 119 Å². The molecule has 112 valence electrons. The Hall–Kier alpha value is -0.120. The van der Waals surface area contributed by atoms with Gasteiger partial charge in [-0.1, -0.05) is 0 Å². The highest BCUT2D eigenvalue weighted by Crippen LogP contribution is 2.19. The summed E-state index contributed by atoms with van der Waals surface area (Å²) in [6, 6.07) is 1.62. The number of nitrogens with one attached hydrogen (secondary N) is 1. The van der Waals surface area contributed by atoms with Gasteiger partial charge in [0.25, 0.3) is 0 Å². The van der Waals surface area contributed by atoms with Gasteiger partial charge in [0.2, 0.25) is 0 Å². The Bertz CT molecular complexity index is 260. The average molecular weight is 267 g/mol. The smallest absolute Gasteiger partial charge is 0.0126 e. The Kier molecular flexibility index (Phi) is 5.27. The van der Waals surface area contributed by atoms with E-state index in [1.54, 1.807) is 0 Å². The third kappa shape index (κ3) is 5.05. The summed E-state index contributed by atoms with van der Waals surface area (Å²) in [5.41, 5.74) is 0.337. The second kappa shape index (κ2) is 6.55. The van der Waals surface area contributed by atoms with Crippen molar-refractivity contribution in [3.05, 3.63) is 0 Å². The number of hydrogen-bond acceptors (Lipinski definition) is 3. The summed E-state index contributed by atoms with van der Waals surface area (Å²) in [5.74, 6) is 0. The Morgan fingerprint density at radius 1 is 1.11 bits per heavy atom. The number of rotatable bonds is 6. The summed E-state index contributed by atoms with van der Waals surface area (Å²) in [5, 5.41) is 3.62. The highest BCUT2D eigenvalue weighted by atomic mass is 15.3. The summed E-state index contributed by atoms with van der Waals surface area (Å²) in [4.78, 5) is 5.30. The second-order valence-electron chi connectivity index (χ2n) is 7.41. The van der Waals surface area contributed by atoms with Crippen molar-refractivity contribution >= 4 is 0 Å². The van der Waals surface area contributed by atoms with Gasteiger partial charge >= 0.3 is 0 Å². The minimum Gasteiger partial charge on any atom is -0.314 e. The Morgan fingerprint density at radius 3 is 2.26 bits per heavy atom. The molecule has 0 aromatic heterocycles. The summed E-state index contributed by atoms with van der Waals surface area (Å²) in [7, 11) is 0. The fraction of sp³-hybridized carbons (Fsp3) is 1.00. The van der Waals surface area contributed by atoms with Crippen LogP contribution in [0.4, 0.5) is 0 Å². The van der Waals surface area contributed by atoms with E-state index in [0.29, 0.717) is 5.54 Å². The minimum atomic E-state index is 0.337. The van der Waals surface area contributed by atoms with E-state index in [2.05, 4.69) is 42.8 Å². The molecule has 0 amide bonds. The lowest BCUT2D eigenvalue weighted by Gasteiger charge is -2.44. The van der Waals surface area contributed by atoms with Crippen molar-refractivity contribution in [3.8, 4) is 0 Å². The lowest BCUT2D eigenvalue weighted by atomic mass is 10.0. The van der Waals surface area contributed by atoms with Crippen LogP contribution in [0.3, 0.4) is 0 Å². The summed E-state index contributed by atoms with van der Waals surface area (Å²) >= 11 is 0. The van der Waals surface area contributed by atoms with Crippen LogP contribution in [0, 0.1) is 0 Å². The van der Waals surface area contributed by atoms with E-state index in [1.807, 2.05) is 0 Å². The largest absolute Gasteiger partial charge is 0.314 e. The third-order valence-corrected chi connectivity index (χ3v) is 4.70. The van der Waals surface area contributed by atoms with E-state index in [4.69, 9.17) is 0 Å². The van der Waals surface area contributed by atoms with E-state index in [-0.39, 0.29) is 0 Å². The molecule has 1 unspecified atom stereocenters. The lowest BCUT2D eigenvalue weighted by molar-refractivity contribution is 0.0435. The quantitative estimate of drug-likeness (QED) is 0.745. The molecule has 1 saturated carbocycles. The fourth-order valence-electron chi connectivity index (χ4n) is 3.01. The van der Waals surface area contributed by atoms with Gasteiger partial charge in [0, 0.05) is 43.8 Å². The van der Waals surface area contributed by atoms with Crippen LogP contribution in [0.1, 0.15) is 53.4 Å². The van der Waals surface area contributed by atoms with Crippen molar-refractivity contribution in [1.29, 1.82) is 0 Å². The van der Waals surface area contributed by atoms with Gasteiger partial charge in [0.1, 0.15) is 0 Å². The van der Waals surface area contributed by atoms with Crippen molar-refractivity contribution < 1.29 is 0 Å². The average Bonchev–Trinajstić information content (AvgIpc) is 3.17. The third-order valence-electron chi connectivity index (χ3n) is 4.70. The van der Waals surface area contributed by atoms with E-state index in [1.165, 1.54) is 58.4 Å². The predicted molar refractivity (Wildman–Crippen MR) is 82.6 cm³/mol. The number of piperazine rings is 1. The summed E-state index contributed by atoms with van der Waals surface area (Å²) in [6.45, 7) is 15.6. The van der Waals surface area contributed by atoms with Crippen LogP contribution < -0.4 is 5.32 Å². The first kappa shape index (κ1) is 15.3. The SMILES string of the molecule is CC(CCCNC1CC1)N1CCN(C(C)(C)C)CC1. The minimum absolute atomic E-state index is 0.337. The van der Waals surface area contributed by atoms with Gasteiger partial charge < -0.3 is 5.32 Å². The van der Waals surface area contributed by atoms with E-state index in [0.717, 1.165) is 12.1 Å². The van der Waals surface area contributed by atoms with Gasteiger partial charge in [-0.3, -0.25) is 9.80 Å². The van der Waals surface area contributed by atoms with Crippen molar-refractivity contribution in [2.24, 2.45) is 0 Å². The predicted octanol–water partition coefficient (Wildman–Crippen LogP) is 2.32. The highest BCUT2D eigenvalue weighted by Gasteiger charge is 2.27. The van der Waals surface area contributed by atoms with Gasteiger partial charge in [-0.05, 0) is 59.9 Å².